The van der Waals surface area contributed by atoms with E-state index in [0.29, 0.717) is 12.0 Å². The van der Waals surface area contributed by atoms with Gasteiger partial charge in [0.05, 0.1) is 6.04 Å². The van der Waals surface area contributed by atoms with E-state index in [0.717, 1.165) is 16.5 Å². The van der Waals surface area contributed by atoms with Crippen molar-refractivity contribution in [1.29, 1.82) is 0 Å². The fourth-order valence-corrected chi connectivity index (χ4v) is 2.70. The highest BCUT2D eigenvalue weighted by molar-refractivity contribution is 6.07. The van der Waals surface area contributed by atoms with Crippen LogP contribution in [0.15, 0.2) is 63.8 Å². The van der Waals surface area contributed by atoms with Crippen LogP contribution in [0.2, 0.25) is 0 Å². The third-order valence-electron chi connectivity index (χ3n) is 4.09. The predicted octanol–water partition coefficient (Wildman–Crippen LogP) is 1.93. The highest BCUT2D eigenvalue weighted by atomic mass is 16.4. The van der Waals surface area contributed by atoms with Crippen molar-refractivity contribution in [3.05, 3.63) is 81.7 Å². The molecule has 0 bridgehead atoms. The molecule has 0 saturated carbocycles. The lowest BCUT2D eigenvalue weighted by molar-refractivity contribution is -0.121. The Labute approximate surface area is 149 Å². The summed E-state index contributed by atoms with van der Waals surface area (Å²) in [5.41, 5.74) is 7.56. The van der Waals surface area contributed by atoms with Crippen molar-refractivity contribution in [2.45, 2.75) is 19.4 Å². The van der Waals surface area contributed by atoms with E-state index in [1.165, 1.54) is 12.1 Å². The van der Waals surface area contributed by atoms with Gasteiger partial charge in [0.25, 0.3) is 5.91 Å². The van der Waals surface area contributed by atoms with Gasteiger partial charge in [-0.2, -0.15) is 0 Å². The number of benzene rings is 2. The number of fused-ring (bicyclic) bond motifs is 1. The van der Waals surface area contributed by atoms with Crippen molar-refractivity contribution >= 4 is 22.8 Å². The van der Waals surface area contributed by atoms with Gasteiger partial charge in [0.2, 0.25) is 5.91 Å². The second kappa shape index (κ2) is 7.33. The fourth-order valence-electron chi connectivity index (χ4n) is 2.70. The average molecular weight is 350 g/mol. The van der Waals surface area contributed by atoms with E-state index in [1.807, 2.05) is 30.3 Å². The normalized spacial score (nSPS) is 11.9. The van der Waals surface area contributed by atoms with Crippen molar-refractivity contribution in [2.24, 2.45) is 5.73 Å². The zero-order valence-electron chi connectivity index (χ0n) is 14.2. The molecule has 0 aliphatic carbocycles. The van der Waals surface area contributed by atoms with Gasteiger partial charge in [-0.25, -0.2) is 4.79 Å². The minimum Gasteiger partial charge on any atom is -0.423 e. The quantitative estimate of drug-likeness (QED) is 0.700. The average Bonchev–Trinajstić information content (AvgIpc) is 2.61. The summed E-state index contributed by atoms with van der Waals surface area (Å²) in [6, 6.07) is 14.5. The van der Waals surface area contributed by atoms with Crippen LogP contribution < -0.4 is 16.7 Å². The lowest BCUT2D eigenvalue weighted by atomic mass is 10.1. The highest BCUT2D eigenvalue weighted by Crippen LogP contribution is 2.18. The Kier molecular flexibility index (Phi) is 4.95. The van der Waals surface area contributed by atoms with Crippen LogP contribution in [0.3, 0.4) is 0 Å². The molecule has 0 radical (unpaired) electrons. The van der Waals surface area contributed by atoms with E-state index < -0.39 is 23.5 Å². The Morgan fingerprint density at radius 2 is 1.85 bits per heavy atom. The summed E-state index contributed by atoms with van der Waals surface area (Å²) in [5, 5.41) is 3.02. The van der Waals surface area contributed by atoms with Crippen LogP contribution in [0.4, 0.5) is 0 Å². The molecule has 2 aromatic carbocycles. The minimum atomic E-state index is -0.845. The molecule has 1 atom stereocenters. The molecule has 3 rings (SSSR count). The van der Waals surface area contributed by atoms with Crippen molar-refractivity contribution in [2.75, 3.05) is 0 Å². The lowest BCUT2D eigenvalue weighted by Crippen LogP contribution is -2.44. The number of carbonyl (C=O) groups is 2. The van der Waals surface area contributed by atoms with Crippen LogP contribution in [0.25, 0.3) is 11.0 Å². The third kappa shape index (κ3) is 3.87. The van der Waals surface area contributed by atoms with Crippen molar-refractivity contribution in [3.63, 3.8) is 0 Å². The van der Waals surface area contributed by atoms with E-state index >= 15 is 0 Å². The number of imide groups is 1. The zero-order valence-corrected chi connectivity index (χ0v) is 14.2. The Hall–Kier alpha value is -3.25. The number of nitrogens with one attached hydrogen (secondary N) is 1. The molecule has 0 aliphatic heterocycles. The highest BCUT2D eigenvalue weighted by Gasteiger charge is 2.18. The molecule has 3 N–H and O–H groups in total. The molecular formula is C20H18N2O4. The molecule has 26 heavy (non-hydrogen) atoms. The number of nitrogens with two attached hydrogens (primary N) is 1. The Balaban J connectivity index is 1.74. The van der Waals surface area contributed by atoms with Gasteiger partial charge in [0, 0.05) is 17.0 Å². The molecule has 0 unspecified atom stereocenters. The number of amides is 2. The summed E-state index contributed by atoms with van der Waals surface area (Å²) in [6.07, 6.45) is 0.325. The molecule has 132 valence electrons. The van der Waals surface area contributed by atoms with Crippen molar-refractivity contribution < 1.29 is 14.0 Å². The van der Waals surface area contributed by atoms with Crippen LogP contribution in [0, 0.1) is 6.92 Å². The second-order valence-corrected chi connectivity index (χ2v) is 6.07. The second-order valence-electron chi connectivity index (χ2n) is 6.07. The van der Waals surface area contributed by atoms with Gasteiger partial charge in [-0.05, 0) is 36.6 Å². The first-order valence-electron chi connectivity index (χ1n) is 8.13. The van der Waals surface area contributed by atoms with Crippen LogP contribution >= 0.6 is 0 Å². The van der Waals surface area contributed by atoms with E-state index in [1.54, 1.807) is 19.1 Å². The Morgan fingerprint density at radius 1 is 1.12 bits per heavy atom. The van der Waals surface area contributed by atoms with E-state index in [2.05, 4.69) is 5.32 Å². The maximum atomic E-state index is 12.3. The largest absolute Gasteiger partial charge is 0.423 e. The molecular weight excluding hydrogens is 332 g/mol. The summed E-state index contributed by atoms with van der Waals surface area (Å²) in [6.45, 7) is 1.78. The SMILES string of the molecule is Cc1cc(=O)oc2cc(C(=O)NC(=O)[C@@H](N)Cc3ccccc3)ccc12. The molecule has 6 nitrogen and oxygen atoms in total. The topological polar surface area (TPSA) is 102 Å². The first-order valence-corrected chi connectivity index (χ1v) is 8.13. The summed E-state index contributed by atoms with van der Waals surface area (Å²) in [5.74, 6) is -1.16. The van der Waals surface area contributed by atoms with Crippen LogP contribution in [0.5, 0.6) is 0 Å². The molecule has 0 spiro atoms. The molecule has 1 aromatic heterocycles. The number of rotatable bonds is 4. The molecule has 6 heteroatoms. The van der Waals surface area contributed by atoms with Crippen LogP contribution in [-0.2, 0) is 11.2 Å². The number of aryl methyl sites for hydroxylation is 1. The molecule has 2 amide bonds. The maximum absolute atomic E-state index is 12.3. The Bertz CT molecular complexity index is 1020. The van der Waals surface area contributed by atoms with E-state index in [-0.39, 0.29) is 5.56 Å². The van der Waals surface area contributed by atoms with Crippen LogP contribution in [-0.4, -0.2) is 17.9 Å². The van der Waals surface area contributed by atoms with E-state index in [4.69, 9.17) is 10.2 Å². The maximum Gasteiger partial charge on any atom is 0.336 e. The first-order chi connectivity index (χ1) is 12.4. The first kappa shape index (κ1) is 17.6. The molecule has 1 heterocycles. The molecule has 0 fully saturated rings. The summed E-state index contributed by atoms with van der Waals surface area (Å²) in [4.78, 5) is 36.0. The lowest BCUT2D eigenvalue weighted by Gasteiger charge is -2.12. The predicted molar refractivity (Wildman–Crippen MR) is 97.8 cm³/mol. The number of hydrogen-bond donors (Lipinski definition) is 2. The monoisotopic (exact) mass is 350 g/mol. The van der Waals surface area contributed by atoms with Gasteiger partial charge in [-0.15, -0.1) is 0 Å². The third-order valence-corrected chi connectivity index (χ3v) is 4.09. The summed E-state index contributed by atoms with van der Waals surface area (Å²) >= 11 is 0. The van der Waals surface area contributed by atoms with Gasteiger partial charge in [0.1, 0.15) is 5.58 Å². The number of hydrogen-bond acceptors (Lipinski definition) is 5. The van der Waals surface area contributed by atoms with Crippen LogP contribution in [0.1, 0.15) is 21.5 Å². The smallest absolute Gasteiger partial charge is 0.336 e. The molecule has 0 aliphatic rings. The van der Waals surface area contributed by atoms with Crippen molar-refractivity contribution in [3.8, 4) is 0 Å². The summed E-state index contributed by atoms with van der Waals surface area (Å²) in [7, 11) is 0. The van der Waals surface area contributed by atoms with E-state index in [9.17, 15) is 14.4 Å². The fraction of sp³-hybridized carbons (Fsp3) is 0.150. The summed E-state index contributed by atoms with van der Waals surface area (Å²) < 4.78 is 5.12. The standard InChI is InChI=1S/C20H18N2O4/c1-12-9-18(23)26-17-11-14(7-8-15(12)17)19(24)22-20(25)16(21)10-13-5-3-2-4-6-13/h2-9,11,16H,10,21H2,1H3,(H,22,24,25)/t16-/m0/s1. The minimum absolute atomic E-state index is 0.214. The Morgan fingerprint density at radius 3 is 2.58 bits per heavy atom. The van der Waals surface area contributed by atoms with Gasteiger partial charge >= 0.3 is 5.63 Å². The van der Waals surface area contributed by atoms with Gasteiger partial charge in [0.15, 0.2) is 0 Å². The molecule has 3 aromatic rings. The number of carbonyl (C=O) groups excluding carboxylic acids is 2. The van der Waals surface area contributed by atoms with Gasteiger partial charge in [-0.1, -0.05) is 36.4 Å². The van der Waals surface area contributed by atoms with Crippen molar-refractivity contribution in [1.82, 2.24) is 5.32 Å². The van der Waals surface area contributed by atoms with Gasteiger partial charge in [-0.3, -0.25) is 14.9 Å². The molecule has 0 saturated heterocycles. The van der Waals surface area contributed by atoms with Gasteiger partial charge < -0.3 is 10.2 Å². The zero-order chi connectivity index (χ0) is 18.7.